The Labute approximate surface area is 156 Å². The lowest BCUT2D eigenvalue weighted by Gasteiger charge is -2.33. The highest BCUT2D eigenvalue weighted by Crippen LogP contribution is 2.29. The largest absolute Gasteiger partial charge is 0.342 e. The molecule has 0 unspecified atom stereocenters. The molecule has 3 aromatic rings. The fourth-order valence-corrected chi connectivity index (χ4v) is 4.29. The summed E-state index contributed by atoms with van der Waals surface area (Å²) < 4.78 is 1.84. The molecule has 0 radical (unpaired) electrons. The molecule has 26 heavy (non-hydrogen) atoms. The molecule has 0 aliphatic carbocycles. The van der Waals surface area contributed by atoms with Crippen LogP contribution in [0.4, 0.5) is 0 Å². The van der Waals surface area contributed by atoms with Gasteiger partial charge < -0.3 is 14.5 Å². The number of para-hydroxylation sites is 2. The van der Waals surface area contributed by atoms with E-state index in [0.717, 1.165) is 41.4 Å². The maximum Gasteiger partial charge on any atom is 0.235 e. The predicted molar refractivity (Wildman–Crippen MR) is 101 cm³/mol. The van der Waals surface area contributed by atoms with Crippen molar-refractivity contribution in [2.24, 2.45) is 7.05 Å². The van der Waals surface area contributed by atoms with Crippen LogP contribution in [0.1, 0.15) is 31.5 Å². The summed E-state index contributed by atoms with van der Waals surface area (Å²) in [6.07, 6.45) is 3.70. The molecular formula is C18H22N6OS. The van der Waals surface area contributed by atoms with Crippen LogP contribution < -0.4 is 0 Å². The number of H-pyrrole nitrogens is 1. The SMILES string of the molecule is C[C@@H](Sc1nncn1C)C(=O)N1CCC[C@H](c2nc3ccccc3[nH]2)C1. The second-order valence-electron chi connectivity index (χ2n) is 6.75. The minimum absolute atomic E-state index is 0.152. The maximum atomic E-state index is 12.9. The van der Waals surface area contributed by atoms with E-state index in [1.165, 1.54) is 11.8 Å². The van der Waals surface area contributed by atoms with E-state index in [0.29, 0.717) is 6.54 Å². The number of fused-ring (bicyclic) bond motifs is 1. The molecule has 4 rings (SSSR count). The van der Waals surface area contributed by atoms with Crippen LogP contribution in [0, 0.1) is 0 Å². The maximum absolute atomic E-state index is 12.9. The van der Waals surface area contributed by atoms with Crippen molar-refractivity contribution in [1.82, 2.24) is 29.6 Å². The molecule has 1 aliphatic heterocycles. The van der Waals surface area contributed by atoms with Crippen LogP contribution in [0.5, 0.6) is 0 Å². The molecule has 2 atom stereocenters. The Bertz CT molecular complexity index is 886. The summed E-state index contributed by atoms with van der Waals surface area (Å²) in [5.41, 5.74) is 2.04. The quantitative estimate of drug-likeness (QED) is 0.714. The van der Waals surface area contributed by atoms with Crippen LogP contribution in [0.2, 0.25) is 0 Å². The molecule has 1 amide bonds. The second kappa shape index (κ2) is 7.11. The standard InChI is InChI=1S/C18H22N6OS/c1-12(26-18-22-19-11-23(18)2)17(25)24-9-5-6-13(10-24)16-20-14-7-3-4-8-15(14)21-16/h3-4,7-8,11-13H,5-6,9-10H2,1-2H3,(H,20,21)/t12-,13+/m1/s1. The first-order valence-electron chi connectivity index (χ1n) is 8.86. The molecule has 1 N–H and O–H groups in total. The molecule has 1 fully saturated rings. The third-order valence-corrected chi connectivity index (χ3v) is 5.96. The van der Waals surface area contributed by atoms with Gasteiger partial charge in [0.1, 0.15) is 12.2 Å². The van der Waals surface area contributed by atoms with Crippen LogP contribution in [-0.2, 0) is 11.8 Å². The van der Waals surface area contributed by atoms with Gasteiger partial charge in [0.2, 0.25) is 5.91 Å². The number of aryl methyl sites for hydroxylation is 1. The molecule has 3 heterocycles. The minimum Gasteiger partial charge on any atom is -0.342 e. The van der Waals surface area contributed by atoms with Crippen molar-refractivity contribution in [3.63, 3.8) is 0 Å². The van der Waals surface area contributed by atoms with E-state index in [4.69, 9.17) is 4.98 Å². The van der Waals surface area contributed by atoms with Crippen molar-refractivity contribution in [3.8, 4) is 0 Å². The lowest BCUT2D eigenvalue weighted by Crippen LogP contribution is -2.43. The van der Waals surface area contributed by atoms with E-state index in [2.05, 4.69) is 15.2 Å². The third-order valence-electron chi connectivity index (χ3n) is 4.83. The van der Waals surface area contributed by atoms with Crippen LogP contribution in [-0.4, -0.2) is 53.9 Å². The number of rotatable bonds is 4. The summed E-state index contributed by atoms with van der Waals surface area (Å²) in [6.45, 7) is 3.45. The number of piperidine rings is 1. The smallest absolute Gasteiger partial charge is 0.235 e. The Hall–Kier alpha value is -2.35. The fourth-order valence-electron chi connectivity index (χ4n) is 3.41. The van der Waals surface area contributed by atoms with Gasteiger partial charge in [-0.2, -0.15) is 0 Å². The van der Waals surface area contributed by atoms with Crippen molar-refractivity contribution in [2.75, 3.05) is 13.1 Å². The number of aromatic nitrogens is 5. The number of thioether (sulfide) groups is 1. The van der Waals surface area contributed by atoms with Gasteiger partial charge in [-0.3, -0.25) is 4.79 Å². The minimum atomic E-state index is -0.188. The Morgan fingerprint density at radius 2 is 2.23 bits per heavy atom. The van der Waals surface area contributed by atoms with Gasteiger partial charge in [-0.25, -0.2) is 4.98 Å². The van der Waals surface area contributed by atoms with E-state index in [-0.39, 0.29) is 17.1 Å². The Morgan fingerprint density at radius 1 is 1.38 bits per heavy atom. The predicted octanol–water partition coefficient (Wildman–Crippen LogP) is 2.58. The van der Waals surface area contributed by atoms with Gasteiger partial charge in [0.05, 0.1) is 16.3 Å². The van der Waals surface area contributed by atoms with Gasteiger partial charge in [0, 0.05) is 26.1 Å². The zero-order valence-electron chi connectivity index (χ0n) is 14.9. The summed E-state index contributed by atoms with van der Waals surface area (Å²) >= 11 is 1.45. The lowest BCUT2D eigenvalue weighted by molar-refractivity contribution is -0.131. The number of carbonyl (C=O) groups is 1. The zero-order valence-corrected chi connectivity index (χ0v) is 15.7. The number of aromatic amines is 1. The highest BCUT2D eigenvalue weighted by molar-refractivity contribution is 8.00. The number of likely N-dealkylation sites (tertiary alicyclic amines) is 1. The van der Waals surface area contributed by atoms with Gasteiger partial charge in [-0.05, 0) is 31.9 Å². The first kappa shape index (κ1) is 17.1. The molecule has 0 bridgehead atoms. The number of amides is 1. The van der Waals surface area contributed by atoms with Crippen molar-refractivity contribution in [3.05, 3.63) is 36.4 Å². The highest BCUT2D eigenvalue weighted by Gasteiger charge is 2.30. The van der Waals surface area contributed by atoms with Gasteiger partial charge in [-0.15, -0.1) is 10.2 Å². The number of carbonyl (C=O) groups excluding carboxylic acids is 1. The van der Waals surface area contributed by atoms with E-state index in [1.807, 2.05) is 47.7 Å². The number of hydrogen-bond donors (Lipinski definition) is 1. The molecule has 0 saturated carbocycles. The van der Waals surface area contributed by atoms with Crippen LogP contribution in [0.3, 0.4) is 0 Å². The fraction of sp³-hybridized carbons (Fsp3) is 0.444. The van der Waals surface area contributed by atoms with Gasteiger partial charge >= 0.3 is 0 Å². The van der Waals surface area contributed by atoms with E-state index >= 15 is 0 Å². The summed E-state index contributed by atoms with van der Waals surface area (Å²) in [6, 6.07) is 8.05. The Morgan fingerprint density at radius 3 is 3.00 bits per heavy atom. The van der Waals surface area contributed by atoms with Crippen molar-refractivity contribution in [1.29, 1.82) is 0 Å². The lowest BCUT2D eigenvalue weighted by atomic mass is 9.97. The van der Waals surface area contributed by atoms with E-state index in [9.17, 15) is 4.79 Å². The monoisotopic (exact) mass is 370 g/mol. The second-order valence-corrected chi connectivity index (χ2v) is 8.06. The zero-order chi connectivity index (χ0) is 18.1. The van der Waals surface area contributed by atoms with Crippen molar-refractivity contribution >= 4 is 28.7 Å². The van der Waals surface area contributed by atoms with E-state index < -0.39 is 0 Å². The number of benzene rings is 1. The molecule has 2 aromatic heterocycles. The molecule has 136 valence electrons. The highest BCUT2D eigenvalue weighted by atomic mass is 32.2. The molecule has 8 heteroatoms. The molecule has 1 aliphatic rings. The first-order chi connectivity index (χ1) is 12.6. The number of nitrogens with zero attached hydrogens (tertiary/aromatic N) is 5. The Balaban J connectivity index is 1.45. The first-order valence-corrected chi connectivity index (χ1v) is 9.74. The third kappa shape index (κ3) is 3.33. The summed E-state index contributed by atoms with van der Waals surface area (Å²) in [7, 11) is 1.89. The average Bonchev–Trinajstić information content (AvgIpc) is 3.27. The number of hydrogen-bond acceptors (Lipinski definition) is 5. The average molecular weight is 370 g/mol. The van der Waals surface area contributed by atoms with E-state index in [1.54, 1.807) is 6.33 Å². The van der Waals surface area contributed by atoms with Gasteiger partial charge in [0.25, 0.3) is 0 Å². The normalized spacial score (nSPS) is 19.0. The van der Waals surface area contributed by atoms with Gasteiger partial charge in [0.15, 0.2) is 5.16 Å². The topological polar surface area (TPSA) is 79.7 Å². The van der Waals surface area contributed by atoms with Crippen molar-refractivity contribution in [2.45, 2.75) is 36.1 Å². The number of imidazole rings is 1. The van der Waals surface area contributed by atoms with Crippen LogP contribution in [0.25, 0.3) is 11.0 Å². The molecule has 1 saturated heterocycles. The molecule has 0 spiro atoms. The molecule has 1 aromatic carbocycles. The van der Waals surface area contributed by atoms with Crippen LogP contribution in [0.15, 0.2) is 35.7 Å². The summed E-state index contributed by atoms with van der Waals surface area (Å²) in [5, 5.41) is 8.51. The summed E-state index contributed by atoms with van der Waals surface area (Å²) in [5.74, 6) is 1.39. The Kier molecular flexibility index (Phi) is 4.67. The molecular weight excluding hydrogens is 348 g/mol. The number of nitrogens with one attached hydrogen (secondary N) is 1. The van der Waals surface area contributed by atoms with Crippen molar-refractivity contribution < 1.29 is 4.79 Å². The van der Waals surface area contributed by atoms with Gasteiger partial charge in [-0.1, -0.05) is 23.9 Å². The van der Waals surface area contributed by atoms with Crippen LogP contribution >= 0.6 is 11.8 Å². The molecule has 7 nitrogen and oxygen atoms in total. The summed E-state index contributed by atoms with van der Waals surface area (Å²) in [4.78, 5) is 23.0.